The predicted molar refractivity (Wildman–Crippen MR) is 79.5 cm³/mol. The molecule has 20 heavy (non-hydrogen) atoms. The lowest BCUT2D eigenvalue weighted by Crippen LogP contribution is -2.33. The van der Waals surface area contributed by atoms with Crippen LogP contribution >= 0.6 is 0 Å². The van der Waals surface area contributed by atoms with Crippen molar-refractivity contribution >= 4 is 10.0 Å². The van der Waals surface area contributed by atoms with Crippen molar-refractivity contribution in [3.05, 3.63) is 29.8 Å². The van der Waals surface area contributed by atoms with Crippen molar-refractivity contribution in [1.82, 2.24) is 4.31 Å². The van der Waals surface area contributed by atoms with Crippen molar-refractivity contribution in [2.45, 2.75) is 31.2 Å². The van der Waals surface area contributed by atoms with E-state index in [1.807, 2.05) is 6.92 Å². The third-order valence-electron chi connectivity index (χ3n) is 3.52. The van der Waals surface area contributed by atoms with Gasteiger partial charge in [-0.15, -0.1) is 0 Å². The maximum Gasteiger partial charge on any atom is 0.243 e. The summed E-state index contributed by atoms with van der Waals surface area (Å²) >= 11 is 0. The number of hydrogen-bond acceptors (Lipinski definition) is 3. The summed E-state index contributed by atoms with van der Waals surface area (Å²) in [5.74, 6) is 6.05. The molecule has 2 atom stereocenters. The van der Waals surface area contributed by atoms with Gasteiger partial charge < -0.3 is 5.73 Å². The first-order chi connectivity index (χ1) is 9.45. The molecule has 0 saturated carbocycles. The lowest BCUT2D eigenvalue weighted by Gasteiger charge is -2.20. The smallest absolute Gasteiger partial charge is 0.243 e. The third-order valence-corrected chi connectivity index (χ3v) is 5.52. The summed E-state index contributed by atoms with van der Waals surface area (Å²) in [6.07, 6.45) is 0.916. The van der Waals surface area contributed by atoms with Crippen LogP contribution in [-0.2, 0) is 10.0 Å². The predicted octanol–water partition coefficient (Wildman–Crippen LogP) is 1.42. The van der Waals surface area contributed by atoms with E-state index in [0.29, 0.717) is 23.9 Å². The van der Waals surface area contributed by atoms with Gasteiger partial charge in [0.2, 0.25) is 10.0 Å². The van der Waals surface area contributed by atoms with Crippen molar-refractivity contribution in [2.75, 3.05) is 13.1 Å². The van der Waals surface area contributed by atoms with Crippen molar-refractivity contribution in [3.63, 3.8) is 0 Å². The standard InChI is InChI=1S/C15H20N2O2S/c1-12-10-13(2)17(11-12)20(18,19)15-7-5-14(6-8-15)4-3-9-16/h5-8,12-13H,9-11,16H2,1-2H3. The summed E-state index contributed by atoms with van der Waals surface area (Å²) in [4.78, 5) is 0.330. The zero-order chi connectivity index (χ0) is 14.8. The number of rotatable bonds is 2. The largest absolute Gasteiger partial charge is 0.320 e. The van der Waals surface area contributed by atoms with Crippen LogP contribution in [0.1, 0.15) is 25.8 Å². The molecule has 2 N–H and O–H groups in total. The van der Waals surface area contributed by atoms with Gasteiger partial charge in [-0.3, -0.25) is 0 Å². The third kappa shape index (κ3) is 3.04. The highest BCUT2D eigenvalue weighted by Gasteiger charge is 2.35. The van der Waals surface area contributed by atoms with Crippen LogP contribution in [0.2, 0.25) is 0 Å². The number of hydrogen-bond donors (Lipinski definition) is 1. The van der Waals surface area contributed by atoms with Gasteiger partial charge in [0.15, 0.2) is 0 Å². The van der Waals surface area contributed by atoms with E-state index in [9.17, 15) is 8.42 Å². The molecule has 0 bridgehead atoms. The Bertz CT molecular complexity index is 626. The molecule has 1 fully saturated rings. The molecule has 1 aromatic carbocycles. The van der Waals surface area contributed by atoms with Gasteiger partial charge in [-0.25, -0.2) is 8.42 Å². The van der Waals surface area contributed by atoms with Crippen molar-refractivity contribution in [3.8, 4) is 11.8 Å². The Kier molecular flexibility index (Phi) is 4.48. The highest BCUT2D eigenvalue weighted by molar-refractivity contribution is 7.89. The fraction of sp³-hybridized carbons (Fsp3) is 0.467. The minimum absolute atomic E-state index is 0.0618. The van der Waals surface area contributed by atoms with Gasteiger partial charge in [-0.2, -0.15) is 4.31 Å². The van der Waals surface area contributed by atoms with Crippen LogP contribution in [0.15, 0.2) is 29.2 Å². The summed E-state index contributed by atoms with van der Waals surface area (Å²) in [7, 11) is -3.40. The summed E-state index contributed by atoms with van der Waals surface area (Å²) < 4.78 is 26.8. The summed E-state index contributed by atoms with van der Waals surface area (Å²) in [6.45, 7) is 4.93. The van der Waals surface area contributed by atoms with Gasteiger partial charge in [-0.05, 0) is 43.5 Å². The molecule has 2 unspecified atom stereocenters. The second kappa shape index (κ2) is 5.96. The van der Waals surface area contributed by atoms with E-state index in [1.54, 1.807) is 28.6 Å². The van der Waals surface area contributed by atoms with Crippen LogP contribution < -0.4 is 5.73 Å². The maximum atomic E-state index is 12.6. The first-order valence-corrected chi connectivity index (χ1v) is 8.20. The first-order valence-electron chi connectivity index (χ1n) is 6.76. The van der Waals surface area contributed by atoms with Gasteiger partial charge in [0.25, 0.3) is 0 Å². The minimum atomic E-state index is -3.40. The monoisotopic (exact) mass is 292 g/mol. The Morgan fingerprint density at radius 3 is 2.45 bits per heavy atom. The van der Waals surface area contributed by atoms with Crippen LogP contribution in [0, 0.1) is 17.8 Å². The molecule has 1 aromatic rings. The van der Waals surface area contributed by atoms with E-state index < -0.39 is 10.0 Å². The quantitative estimate of drug-likeness (QED) is 0.838. The first kappa shape index (κ1) is 15.0. The Hall–Kier alpha value is -1.35. The van der Waals surface area contributed by atoms with Crippen molar-refractivity contribution < 1.29 is 8.42 Å². The van der Waals surface area contributed by atoms with E-state index in [1.165, 1.54) is 0 Å². The van der Waals surface area contributed by atoms with Crippen LogP contribution in [0.3, 0.4) is 0 Å². The molecule has 0 radical (unpaired) electrons. The maximum absolute atomic E-state index is 12.6. The molecule has 0 aromatic heterocycles. The molecular formula is C15H20N2O2S. The average molecular weight is 292 g/mol. The van der Waals surface area contributed by atoms with Crippen LogP contribution in [0.25, 0.3) is 0 Å². The SMILES string of the molecule is CC1CC(C)N(S(=O)(=O)c2ccc(C#CCN)cc2)C1. The lowest BCUT2D eigenvalue weighted by atomic mass is 10.1. The molecule has 1 aliphatic rings. The minimum Gasteiger partial charge on any atom is -0.320 e. The molecule has 1 aliphatic heterocycles. The Morgan fingerprint density at radius 2 is 1.95 bits per heavy atom. The number of nitrogens with two attached hydrogens (primary N) is 1. The molecule has 0 aliphatic carbocycles. The summed E-state index contributed by atoms with van der Waals surface area (Å²) in [5, 5.41) is 0. The van der Waals surface area contributed by atoms with Gasteiger partial charge in [0.05, 0.1) is 11.4 Å². The van der Waals surface area contributed by atoms with E-state index >= 15 is 0 Å². The molecule has 1 heterocycles. The zero-order valence-electron chi connectivity index (χ0n) is 11.8. The highest BCUT2D eigenvalue weighted by atomic mass is 32.2. The molecule has 1 saturated heterocycles. The number of nitrogens with zero attached hydrogens (tertiary/aromatic N) is 1. The van der Waals surface area contributed by atoms with Gasteiger partial charge in [0, 0.05) is 18.2 Å². The van der Waals surface area contributed by atoms with E-state index in [4.69, 9.17) is 5.73 Å². The van der Waals surface area contributed by atoms with Crippen molar-refractivity contribution in [1.29, 1.82) is 0 Å². The Balaban J connectivity index is 2.26. The van der Waals surface area contributed by atoms with Gasteiger partial charge >= 0.3 is 0 Å². The second-order valence-corrected chi connectivity index (χ2v) is 7.19. The molecule has 108 valence electrons. The Morgan fingerprint density at radius 1 is 1.30 bits per heavy atom. The van der Waals surface area contributed by atoms with Crippen LogP contribution in [0.5, 0.6) is 0 Å². The van der Waals surface area contributed by atoms with E-state index in [2.05, 4.69) is 18.8 Å². The lowest BCUT2D eigenvalue weighted by molar-refractivity contribution is 0.405. The van der Waals surface area contributed by atoms with Crippen LogP contribution in [0.4, 0.5) is 0 Å². The highest BCUT2D eigenvalue weighted by Crippen LogP contribution is 2.29. The topological polar surface area (TPSA) is 63.4 Å². The molecule has 0 amide bonds. The van der Waals surface area contributed by atoms with Gasteiger partial charge in [0.1, 0.15) is 0 Å². The summed E-state index contributed by atoms with van der Waals surface area (Å²) in [6, 6.07) is 6.74. The molecule has 4 nitrogen and oxygen atoms in total. The van der Waals surface area contributed by atoms with E-state index in [0.717, 1.165) is 12.0 Å². The fourth-order valence-electron chi connectivity index (χ4n) is 2.60. The summed E-state index contributed by atoms with van der Waals surface area (Å²) in [5.41, 5.74) is 6.09. The van der Waals surface area contributed by atoms with Crippen LogP contribution in [-0.4, -0.2) is 31.9 Å². The molecular weight excluding hydrogens is 272 g/mol. The molecule has 5 heteroatoms. The zero-order valence-corrected chi connectivity index (χ0v) is 12.7. The van der Waals surface area contributed by atoms with E-state index in [-0.39, 0.29) is 6.04 Å². The second-order valence-electron chi connectivity index (χ2n) is 5.29. The van der Waals surface area contributed by atoms with Crippen molar-refractivity contribution in [2.24, 2.45) is 11.7 Å². The average Bonchev–Trinajstić information content (AvgIpc) is 2.76. The number of benzene rings is 1. The van der Waals surface area contributed by atoms with Gasteiger partial charge in [-0.1, -0.05) is 18.8 Å². The fourth-order valence-corrected chi connectivity index (χ4v) is 4.36. The number of sulfonamides is 1. The normalized spacial score (nSPS) is 23.4. The molecule has 0 spiro atoms. The molecule has 2 rings (SSSR count). The Labute approximate surface area is 121 Å².